The second-order valence-corrected chi connectivity index (χ2v) is 5.44. The first-order valence-electron chi connectivity index (χ1n) is 7.16. The van der Waals surface area contributed by atoms with E-state index >= 15 is 0 Å². The number of benzene rings is 1. The van der Waals surface area contributed by atoms with Crippen LogP contribution in [0.15, 0.2) is 30.3 Å². The van der Waals surface area contributed by atoms with Crippen LogP contribution in [-0.2, 0) is 18.3 Å². The number of fused-ring (bicyclic) bond motifs is 1. The maximum absolute atomic E-state index is 5.39. The van der Waals surface area contributed by atoms with Crippen LogP contribution in [0.3, 0.4) is 0 Å². The van der Waals surface area contributed by atoms with E-state index in [4.69, 9.17) is 4.74 Å². The molecule has 1 aromatic carbocycles. The lowest BCUT2D eigenvalue weighted by atomic mass is 10.0. The molecule has 0 bridgehead atoms. The number of nitrogens with one attached hydrogen (secondary N) is 1. The van der Waals surface area contributed by atoms with Gasteiger partial charge in [0.1, 0.15) is 0 Å². The molecule has 1 aromatic heterocycles. The number of hydrogen-bond donors (Lipinski definition) is 1. The smallest absolute Gasteiger partial charge is 0.0480 e. The molecule has 0 spiro atoms. The molecule has 19 heavy (non-hydrogen) atoms. The van der Waals surface area contributed by atoms with Crippen molar-refractivity contribution in [1.82, 2.24) is 9.88 Å². The van der Waals surface area contributed by atoms with E-state index in [0.717, 1.165) is 32.2 Å². The molecule has 102 valence electrons. The molecular formula is C16H22N2O. The molecule has 0 aliphatic carbocycles. The molecule has 1 aliphatic rings. The highest BCUT2D eigenvalue weighted by molar-refractivity contribution is 5.81. The molecular weight excluding hydrogens is 236 g/mol. The van der Waals surface area contributed by atoms with E-state index in [1.807, 2.05) is 0 Å². The van der Waals surface area contributed by atoms with Crippen LogP contribution in [0, 0.1) is 5.92 Å². The van der Waals surface area contributed by atoms with Crippen LogP contribution < -0.4 is 5.32 Å². The normalized spacial score (nSPS) is 17.1. The molecule has 1 N–H and O–H groups in total. The van der Waals surface area contributed by atoms with Gasteiger partial charge in [-0.3, -0.25) is 0 Å². The maximum Gasteiger partial charge on any atom is 0.0480 e. The summed E-state index contributed by atoms with van der Waals surface area (Å²) in [5.74, 6) is 0.781. The van der Waals surface area contributed by atoms with E-state index in [1.54, 1.807) is 0 Å². The predicted molar refractivity (Wildman–Crippen MR) is 78.2 cm³/mol. The van der Waals surface area contributed by atoms with Gasteiger partial charge in [0.05, 0.1) is 0 Å². The summed E-state index contributed by atoms with van der Waals surface area (Å²) in [4.78, 5) is 0. The van der Waals surface area contributed by atoms with Crippen LogP contribution >= 0.6 is 0 Å². The van der Waals surface area contributed by atoms with Crippen LogP contribution in [0.1, 0.15) is 18.5 Å². The van der Waals surface area contributed by atoms with Gasteiger partial charge in [-0.1, -0.05) is 18.2 Å². The first kappa shape index (κ1) is 12.7. The van der Waals surface area contributed by atoms with Gasteiger partial charge in [0.25, 0.3) is 0 Å². The summed E-state index contributed by atoms with van der Waals surface area (Å²) in [5, 5.41) is 4.92. The predicted octanol–water partition coefficient (Wildman–Crippen LogP) is 2.69. The lowest BCUT2D eigenvalue weighted by Crippen LogP contribution is -2.27. The summed E-state index contributed by atoms with van der Waals surface area (Å²) >= 11 is 0. The third kappa shape index (κ3) is 2.82. The largest absolute Gasteiger partial charge is 0.381 e. The number of nitrogens with zero attached hydrogens (tertiary/aromatic N) is 1. The molecule has 0 unspecified atom stereocenters. The fourth-order valence-electron chi connectivity index (χ4n) is 2.87. The Labute approximate surface area is 114 Å². The van der Waals surface area contributed by atoms with Crippen molar-refractivity contribution in [2.75, 3.05) is 19.8 Å². The van der Waals surface area contributed by atoms with Crippen molar-refractivity contribution in [3.63, 3.8) is 0 Å². The number of aromatic nitrogens is 1. The minimum atomic E-state index is 0.781. The Morgan fingerprint density at radius 1 is 1.26 bits per heavy atom. The second kappa shape index (κ2) is 5.76. The van der Waals surface area contributed by atoms with Gasteiger partial charge in [0, 0.05) is 38.0 Å². The van der Waals surface area contributed by atoms with Gasteiger partial charge in [-0.15, -0.1) is 0 Å². The van der Waals surface area contributed by atoms with Crippen molar-refractivity contribution in [2.24, 2.45) is 13.0 Å². The highest BCUT2D eigenvalue weighted by atomic mass is 16.5. The minimum absolute atomic E-state index is 0.781. The van der Waals surface area contributed by atoms with Crippen LogP contribution in [0.5, 0.6) is 0 Å². The molecule has 1 fully saturated rings. The zero-order chi connectivity index (χ0) is 13.1. The lowest BCUT2D eigenvalue weighted by molar-refractivity contribution is 0.0662. The average molecular weight is 258 g/mol. The number of hydrogen-bond acceptors (Lipinski definition) is 2. The number of ether oxygens (including phenoxy) is 1. The van der Waals surface area contributed by atoms with Crippen molar-refractivity contribution in [3.8, 4) is 0 Å². The summed E-state index contributed by atoms with van der Waals surface area (Å²) < 4.78 is 7.68. The highest BCUT2D eigenvalue weighted by Gasteiger charge is 2.13. The zero-order valence-electron chi connectivity index (χ0n) is 11.6. The van der Waals surface area contributed by atoms with Gasteiger partial charge >= 0.3 is 0 Å². The summed E-state index contributed by atoms with van der Waals surface area (Å²) in [7, 11) is 2.15. The Balaban J connectivity index is 1.60. The Hall–Kier alpha value is -1.32. The fraction of sp³-hybridized carbons (Fsp3) is 0.500. The Morgan fingerprint density at radius 3 is 2.84 bits per heavy atom. The maximum atomic E-state index is 5.39. The monoisotopic (exact) mass is 258 g/mol. The number of aryl methyl sites for hydroxylation is 1. The van der Waals surface area contributed by atoms with Gasteiger partial charge in [0.15, 0.2) is 0 Å². The SMILES string of the molecule is Cn1c(CNCC2CCOCC2)cc2ccccc21. The van der Waals surface area contributed by atoms with Crippen molar-refractivity contribution >= 4 is 10.9 Å². The van der Waals surface area contributed by atoms with Crippen molar-refractivity contribution in [1.29, 1.82) is 0 Å². The van der Waals surface area contributed by atoms with Crippen LogP contribution in [-0.4, -0.2) is 24.3 Å². The van der Waals surface area contributed by atoms with E-state index in [9.17, 15) is 0 Å². The average Bonchev–Trinajstić information content (AvgIpc) is 2.78. The molecule has 0 amide bonds. The van der Waals surface area contributed by atoms with Gasteiger partial charge in [0.2, 0.25) is 0 Å². The summed E-state index contributed by atoms with van der Waals surface area (Å²) in [6.45, 7) is 3.91. The molecule has 0 radical (unpaired) electrons. The molecule has 0 saturated carbocycles. The van der Waals surface area contributed by atoms with Gasteiger partial charge < -0.3 is 14.6 Å². The summed E-state index contributed by atoms with van der Waals surface area (Å²) in [6.07, 6.45) is 2.39. The molecule has 0 atom stereocenters. The zero-order valence-corrected chi connectivity index (χ0v) is 11.6. The molecule has 2 aromatic rings. The van der Waals surface area contributed by atoms with Crippen LogP contribution in [0.2, 0.25) is 0 Å². The van der Waals surface area contributed by atoms with Gasteiger partial charge in [-0.05, 0) is 42.8 Å². The van der Waals surface area contributed by atoms with Crippen LogP contribution in [0.4, 0.5) is 0 Å². The first-order chi connectivity index (χ1) is 9.34. The molecule has 3 nitrogen and oxygen atoms in total. The standard InChI is InChI=1S/C16H22N2O/c1-18-15(10-14-4-2-3-5-16(14)18)12-17-11-13-6-8-19-9-7-13/h2-5,10,13,17H,6-9,11-12H2,1H3. The molecule has 1 saturated heterocycles. The minimum Gasteiger partial charge on any atom is -0.381 e. The Morgan fingerprint density at radius 2 is 2.05 bits per heavy atom. The third-order valence-electron chi connectivity index (χ3n) is 4.13. The van der Waals surface area contributed by atoms with Gasteiger partial charge in [-0.2, -0.15) is 0 Å². The number of rotatable bonds is 4. The van der Waals surface area contributed by atoms with E-state index < -0.39 is 0 Å². The topological polar surface area (TPSA) is 26.2 Å². The number of para-hydroxylation sites is 1. The summed E-state index contributed by atoms with van der Waals surface area (Å²) in [5.41, 5.74) is 2.67. The van der Waals surface area contributed by atoms with E-state index in [1.165, 1.54) is 29.4 Å². The van der Waals surface area contributed by atoms with E-state index in [2.05, 4.69) is 47.3 Å². The quantitative estimate of drug-likeness (QED) is 0.912. The van der Waals surface area contributed by atoms with E-state index in [-0.39, 0.29) is 0 Å². The Bertz CT molecular complexity index is 541. The lowest BCUT2D eigenvalue weighted by Gasteiger charge is -2.22. The van der Waals surface area contributed by atoms with Crippen LogP contribution in [0.25, 0.3) is 10.9 Å². The molecule has 3 heteroatoms. The first-order valence-corrected chi connectivity index (χ1v) is 7.16. The molecule has 2 heterocycles. The summed E-state index contributed by atoms with van der Waals surface area (Å²) in [6, 6.07) is 10.8. The highest BCUT2D eigenvalue weighted by Crippen LogP contribution is 2.18. The molecule has 3 rings (SSSR count). The molecule has 1 aliphatic heterocycles. The van der Waals surface area contributed by atoms with Crippen molar-refractivity contribution in [3.05, 3.63) is 36.0 Å². The van der Waals surface area contributed by atoms with Crippen molar-refractivity contribution in [2.45, 2.75) is 19.4 Å². The van der Waals surface area contributed by atoms with Gasteiger partial charge in [-0.25, -0.2) is 0 Å². The fourth-order valence-corrected chi connectivity index (χ4v) is 2.87. The van der Waals surface area contributed by atoms with Crippen molar-refractivity contribution < 1.29 is 4.74 Å². The second-order valence-electron chi connectivity index (χ2n) is 5.44. The van der Waals surface area contributed by atoms with E-state index in [0.29, 0.717) is 0 Å². The third-order valence-corrected chi connectivity index (χ3v) is 4.13. The Kier molecular flexibility index (Phi) is 3.85.